The van der Waals surface area contributed by atoms with Gasteiger partial charge in [-0.25, -0.2) is 9.18 Å². The van der Waals surface area contributed by atoms with Crippen molar-refractivity contribution in [3.63, 3.8) is 0 Å². The number of hydrogen-bond acceptors (Lipinski definition) is 7. The van der Waals surface area contributed by atoms with Crippen LogP contribution in [0.1, 0.15) is 69.0 Å². The van der Waals surface area contributed by atoms with Crippen LogP contribution < -0.4 is 19.8 Å². The maximum absolute atomic E-state index is 16.5. The van der Waals surface area contributed by atoms with Gasteiger partial charge in [-0.15, -0.1) is 0 Å². The number of benzene rings is 3. The maximum atomic E-state index is 16.5. The van der Waals surface area contributed by atoms with Gasteiger partial charge in [-0.3, -0.25) is 19.0 Å². The molecule has 1 aliphatic heterocycles. The van der Waals surface area contributed by atoms with Gasteiger partial charge in [0.25, 0.3) is 5.91 Å². The van der Waals surface area contributed by atoms with Gasteiger partial charge in [0.1, 0.15) is 17.0 Å². The first kappa shape index (κ1) is 36.0. The number of aromatic carboxylic acids is 1. The highest BCUT2D eigenvalue weighted by molar-refractivity contribution is 6.30. The van der Waals surface area contributed by atoms with E-state index in [-0.39, 0.29) is 77.9 Å². The van der Waals surface area contributed by atoms with Crippen molar-refractivity contribution in [1.29, 1.82) is 0 Å². The number of carboxylic acid groups (broad SMARTS) is 1. The minimum absolute atomic E-state index is 0.000528. The number of carbonyl (C=O) groups is 3. The molecule has 1 amide bonds. The number of nitrogens with zero attached hydrogens (tertiary/aromatic N) is 4. The first-order chi connectivity index (χ1) is 25.3. The van der Waals surface area contributed by atoms with E-state index in [1.54, 1.807) is 53.8 Å². The summed E-state index contributed by atoms with van der Waals surface area (Å²) in [5, 5.41) is 11.2. The molecule has 7 rings (SSSR count). The van der Waals surface area contributed by atoms with Crippen LogP contribution in [-0.4, -0.2) is 76.8 Å². The molecule has 1 unspecified atom stereocenters. The summed E-state index contributed by atoms with van der Waals surface area (Å²) >= 11 is 6.08. The van der Waals surface area contributed by atoms with Gasteiger partial charge in [0.15, 0.2) is 11.6 Å². The Hall–Kier alpha value is -5.36. The van der Waals surface area contributed by atoms with Crippen molar-refractivity contribution in [2.45, 2.75) is 59.0 Å². The zero-order valence-electron chi connectivity index (χ0n) is 30.4. The Bertz CT molecular complexity index is 2420. The van der Waals surface area contributed by atoms with Crippen LogP contribution in [-0.2, 0) is 11.2 Å². The minimum Gasteiger partial charge on any atom is -0.497 e. The first-order valence-electron chi connectivity index (χ1n) is 17.5. The summed E-state index contributed by atoms with van der Waals surface area (Å²) < 4.78 is 31.3. The molecule has 13 heteroatoms. The van der Waals surface area contributed by atoms with Gasteiger partial charge in [-0.2, -0.15) is 0 Å². The SMILES string of the molecule is COc1ccc2c(c1)c(CC(=O)N1CCN(c3c(F)c(C)c4c(=O)c(C(=O)O)c(C)n(C5CC5)c4c3OC)CC1C)c(C)n2C(=O)c1ccc(Cl)cc1. The molecule has 1 N–H and O–H groups in total. The number of rotatable bonds is 8. The predicted molar refractivity (Wildman–Crippen MR) is 201 cm³/mol. The van der Waals surface area contributed by atoms with Crippen molar-refractivity contribution in [2.24, 2.45) is 0 Å². The normalized spacial score (nSPS) is 16.0. The average Bonchev–Trinajstić information content (AvgIpc) is 3.93. The van der Waals surface area contributed by atoms with Gasteiger partial charge in [-0.05, 0) is 88.6 Å². The van der Waals surface area contributed by atoms with Crippen molar-refractivity contribution in [1.82, 2.24) is 14.0 Å². The average molecular weight is 743 g/mol. The third-order valence-electron chi connectivity index (χ3n) is 10.8. The summed E-state index contributed by atoms with van der Waals surface area (Å²) in [6.07, 6.45) is 1.61. The van der Waals surface area contributed by atoms with E-state index in [0.29, 0.717) is 44.3 Å². The molecule has 2 aromatic heterocycles. The van der Waals surface area contributed by atoms with E-state index >= 15 is 4.39 Å². The zero-order valence-corrected chi connectivity index (χ0v) is 31.1. The van der Waals surface area contributed by atoms with Gasteiger partial charge >= 0.3 is 5.97 Å². The van der Waals surface area contributed by atoms with Gasteiger partial charge in [-0.1, -0.05) is 11.6 Å². The lowest BCUT2D eigenvalue weighted by Gasteiger charge is -2.42. The molecule has 276 valence electrons. The molecule has 53 heavy (non-hydrogen) atoms. The summed E-state index contributed by atoms with van der Waals surface area (Å²) in [7, 11) is 2.98. The zero-order chi connectivity index (χ0) is 38.0. The molecule has 3 heterocycles. The van der Waals surface area contributed by atoms with E-state index in [4.69, 9.17) is 21.1 Å². The largest absolute Gasteiger partial charge is 0.497 e. The number of fused-ring (bicyclic) bond motifs is 2. The third kappa shape index (κ3) is 5.89. The predicted octanol–water partition coefficient (Wildman–Crippen LogP) is 6.69. The highest BCUT2D eigenvalue weighted by atomic mass is 35.5. The molecule has 11 nitrogen and oxygen atoms in total. The molecule has 0 radical (unpaired) electrons. The summed E-state index contributed by atoms with van der Waals surface area (Å²) in [6, 6.07) is 11.7. The summed E-state index contributed by atoms with van der Waals surface area (Å²) in [4.78, 5) is 57.3. The number of anilines is 1. The monoisotopic (exact) mass is 742 g/mol. The van der Waals surface area contributed by atoms with Crippen LogP contribution in [0.4, 0.5) is 10.1 Å². The Morgan fingerprint density at radius 2 is 1.68 bits per heavy atom. The van der Waals surface area contributed by atoms with Crippen molar-refractivity contribution >= 4 is 56.9 Å². The Morgan fingerprint density at radius 3 is 2.28 bits per heavy atom. The second-order valence-corrected chi connectivity index (χ2v) is 14.3. The molecule has 1 aliphatic carbocycles. The molecule has 0 spiro atoms. The van der Waals surface area contributed by atoms with Gasteiger partial charge in [0.2, 0.25) is 11.3 Å². The number of ether oxygens (including phenoxy) is 2. The van der Waals surface area contributed by atoms with Crippen molar-refractivity contribution < 1.29 is 33.4 Å². The molecule has 2 aliphatic rings. The minimum atomic E-state index is -1.35. The molecule has 3 aromatic carbocycles. The maximum Gasteiger partial charge on any atom is 0.341 e. The molecule has 2 fully saturated rings. The van der Waals surface area contributed by atoms with Crippen LogP contribution in [0.2, 0.25) is 5.02 Å². The molecule has 0 bridgehead atoms. The standard InChI is InChI=1S/C40H40ClFN4O7/c1-20-19-43(36-34(42)21(2)32-35(38(36)53-6)45(26-11-12-26)23(4)33(37(32)48)40(50)51)15-16-44(20)31(47)18-28-22(3)46(30-14-13-27(52-5)17-29(28)30)39(49)24-7-9-25(41)10-8-24/h7-10,13-14,17,20,26H,11-12,15-16,18-19H2,1-6H3,(H,50,51). The molecule has 5 aromatic rings. The van der Waals surface area contributed by atoms with Crippen LogP contribution in [0, 0.1) is 26.6 Å². The summed E-state index contributed by atoms with van der Waals surface area (Å²) in [6.45, 7) is 7.64. The highest BCUT2D eigenvalue weighted by Gasteiger charge is 2.37. The van der Waals surface area contributed by atoms with E-state index in [1.807, 2.05) is 35.4 Å². The Labute approximate surface area is 310 Å². The number of piperazine rings is 1. The van der Waals surface area contributed by atoms with Crippen LogP contribution >= 0.6 is 11.6 Å². The van der Waals surface area contributed by atoms with Gasteiger partial charge in [0.05, 0.1) is 37.1 Å². The number of carbonyl (C=O) groups excluding carboxylic acids is 2. The molecular formula is C40H40ClFN4O7. The number of carboxylic acids is 1. The van der Waals surface area contributed by atoms with Crippen LogP contribution in [0.25, 0.3) is 21.8 Å². The van der Waals surface area contributed by atoms with E-state index in [2.05, 4.69) is 0 Å². The summed E-state index contributed by atoms with van der Waals surface area (Å²) in [5.74, 6) is -1.66. The number of methoxy groups -OCH3 is 2. The highest BCUT2D eigenvalue weighted by Crippen LogP contribution is 2.46. The van der Waals surface area contributed by atoms with Crippen molar-refractivity contribution in [2.75, 3.05) is 38.8 Å². The topological polar surface area (TPSA) is 123 Å². The fourth-order valence-electron chi connectivity index (χ4n) is 7.97. The number of hydrogen-bond donors (Lipinski definition) is 1. The number of aryl methyl sites for hydroxylation is 1. The fraction of sp³-hybridized carbons (Fsp3) is 0.350. The molecule has 1 atom stereocenters. The number of amides is 1. The number of aromatic nitrogens is 2. The smallest absolute Gasteiger partial charge is 0.341 e. The van der Waals surface area contributed by atoms with Crippen molar-refractivity contribution in [3.05, 3.63) is 97.2 Å². The summed E-state index contributed by atoms with van der Waals surface area (Å²) in [5.41, 5.74) is 2.25. The van der Waals surface area contributed by atoms with Gasteiger partial charge < -0.3 is 28.9 Å². The van der Waals surface area contributed by atoms with E-state index in [1.165, 1.54) is 14.0 Å². The van der Waals surface area contributed by atoms with E-state index < -0.39 is 17.2 Å². The fourth-order valence-corrected chi connectivity index (χ4v) is 8.10. The van der Waals surface area contributed by atoms with Crippen LogP contribution in [0.15, 0.2) is 47.3 Å². The van der Waals surface area contributed by atoms with E-state index in [0.717, 1.165) is 18.2 Å². The molecule has 1 saturated carbocycles. The van der Waals surface area contributed by atoms with Crippen molar-refractivity contribution in [3.8, 4) is 11.5 Å². The lowest BCUT2D eigenvalue weighted by atomic mass is 9.99. The first-order valence-corrected chi connectivity index (χ1v) is 17.9. The third-order valence-corrected chi connectivity index (χ3v) is 11.0. The lowest BCUT2D eigenvalue weighted by Crippen LogP contribution is -2.54. The second-order valence-electron chi connectivity index (χ2n) is 13.9. The van der Waals surface area contributed by atoms with E-state index in [9.17, 15) is 24.3 Å². The van der Waals surface area contributed by atoms with Crippen LogP contribution in [0.3, 0.4) is 0 Å². The molecular weight excluding hydrogens is 703 g/mol. The number of pyridine rings is 1. The quantitative estimate of drug-likeness (QED) is 0.187. The molecule has 1 saturated heterocycles. The Morgan fingerprint density at radius 1 is 0.981 bits per heavy atom. The second kappa shape index (κ2) is 13.6. The number of halogens is 2. The Balaban J connectivity index is 1.23. The lowest BCUT2D eigenvalue weighted by molar-refractivity contribution is -0.132. The van der Waals surface area contributed by atoms with Gasteiger partial charge in [0, 0.05) is 64.6 Å². The van der Waals surface area contributed by atoms with Crippen LogP contribution in [0.5, 0.6) is 11.5 Å². The Kier molecular flexibility index (Phi) is 9.22.